The van der Waals surface area contributed by atoms with Gasteiger partial charge in [-0.2, -0.15) is 0 Å². The number of likely N-dealkylation sites (tertiary alicyclic amines) is 1. The summed E-state index contributed by atoms with van der Waals surface area (Å²) in [5.74, 6) is 0.0542. The summed E-state index contributed by atoms with van der Waals surface area (Å²) >= 11 is 0. The molecule has 1 amide bonds. The maximum Gasteiger partial charge on any atom is 0.410 e. The molecule has 5 heteroatoms. The summed E-state index contributed by atoms with van der Waals surface area (Å²) in [6.45, 7) is 2.41. The first kappa shape index (κ1) is 18.6. The second-order valence-electron chi connectivity index (χ2n) is 8.58. The smallest absolute Gasteiger partial charge is 0.410 e. The minimum Gasteiger partial charge on any atom is -0.448 e. The SMILES string of the molecule is O=C(OCC1c2ccccc2-c2ccccc21)N1CC2(CCOCC2)CC1CO. The highest BCUT2D eigenvalue weighted by molar-refractivity contribution is 5.79. The lowest BCUT2D eigenvalue weighted by Crippen LogP contribution is -2.40. The maximum absolute atomic E-state index is 13.0. The maximum atomic E-state index is 13.0. The molecule has 2 fully saturated rings. The number of aliphatic hydroxyl groups excluding tert-OH is 1. The molecule has 29 heavy (non-hydrogen) atoms. The van der Waals surface area contributed by atoms with E-state index in [-0.39, 0.29) is 30.1 Å². The number of aliphatic hydroxyl groups is 1. The van der Waals surface area contributed by atoms with Gasteiger partial charge in [0.15, 0.2) is 0 Å². The van der Waals surface area contributed by atoms with Crippen molar-refractivity contribution in [3.8, 4) is 11.1 Å². The van der Waals surface area contributed by atoms with Crippen molar-refractivity contribution in [1.29, 1.82) is 0 Å². The Bertz CT molecular complexity index is 860. The average molecular weight is 393 g/mol. The van der Waals surface area contributed by atoms with E-state index in [0.29, 0.717) is 13.2 Å². The van der Waals surface area contributed by atoms with Gasteiger partial charge in [-0.3, -0.25) is 0 Å². The Kier molecular flexibility index (Phi) is 4.80. The molecule has 3 aliphatic rings. The highest BCUT2D eigenvalue weighted by Gasteiger charge is 2.47. The molecule has 1 aliphatic carbocycles. The molecule has 0 radical (unpaired) electrons. The Labute approximate surface area is 171 Å². The number of benzene rings is 2. The molecule has 0 saturated carbocycles. The van der Waals surface area contributed by atoms with Gasteiger partial charge in [0, 0.05) is 25.7 Å². The fourth-order valence-electron chi connectivity index (χ4n) is 5.39. The minimum atomic E-state index is -0.311. The van der Waals surface area contributed by atoms with E-state index in [1.165, 1.54) is 22.3 Å². The van der Waals surface area contributed by atoms with Gasteiger partial charge >= 0.3 is 6.09 Å². The third kappa shape index (κ3) is 3.22. The minimum absolute atomic E-state index is 0.0210. The second-order valence-corrected chi connectivity index (χ2v) is 8.58. The van der Waals surface area contributed by atoms with Gasteiger partial charge in [-0.1, -0.05) is 48.5 Å². The van der Waals surface area contributed by atoms with Crippen molar-refractivity contribution in [2.24, 2.45) is 5.41 Å². The van der Waals surface area contributed by atoms with Crippen LogP contribution >= 0.6 is 0 Å². The highest BCUT2D eigenvalue weighted by atomic mass is 16.6. The van der Waals surface area contributed by atoms with Crippen molar-refractivity contribution >= 4 is 6.09 Å². The Morgan fingerprint density at radius 2 is 1.69 bits per heavy atom. The molecular weight excluding hydrogens is 366 g/mol. The summed E-state index contributed by atoms with van der Waals surface area (Å²) in [5.41, 5.74) is 4.93. The first-order chi connectivity index (χ1) is 14.2. The molecule has 1 unspecified atom stereocenters. The summed E-state index contributed by atoms with van der Waals surface area (Å²) in [6.07, 6.45) is 2.40. The summed E-state index contributed by atoms with van der Waals surface area (Å²) < 4.78 is 11.3. The monoisotopic (exact) mass is 393 g/mol. The van der Waals surface area contributed by atoms with Crippen LogP contribution in [0.1, 0.15) is 36.3 Å². The van der Waals surface area contributed by atoms with Gasteiger partial charge in [0.05, 0.1) is 12.6 Å². The Morgan fingerprint density at radius 3 is 2.31 bits per heavy atom. The third-order valence-electron chi connectivity index (χ3n) is 6.95. The Hall–Kier alpha value is -2.37. The normalized spacial score (nSPS) is 22.5. The topological polar surface area (TPSA) is 59.0 Å². The van der Waals surface area contributed by atoms with Crippen LogP contribution in [0.25, 0.3) is 11.1 Å². The van der Waals surface area contributed by atoms with Gasteiger partial charge in [0.25, 0.3) is 0 Å². The van der Waals surface area contributed by atoms with Crippen LogP contribution in [-0.2, 0) is 9.47 Å². The zero-order valence-electron chi connectivity index (χ0n) is 16.5. The molecule has 2 saturated heterocycles. The standard InChI is InChI=1S/C24H27NO4/c26-14-17-13-24(9-11-28-12-10-24)16-25(17)23(27)29-15-22-20-7-3-1-5-18(20)19-6-2-4-8-21(19)22/h1-8,17,22,26H,9-16H2. The number of amides is 1. The molecule has 5 nitrogen and oxygen atoms in total. The van der Waals surface area contributed by atoms with Crippen LogP contribution in [0, 0.1) is 5.41 Å². The number of hydrogen-bond donors (Lipinski definition) is 1. The van der Waals surface area contributed by atoms with E-state index in [1.54, 1.807) is 4.90 Å². The zero-order chi connectivity index (χ0) is 19.8. The van der Waals surface area contributed by atoms with Crippen molar-refractivity contribution in [3.63, 3.8) is 0 Å². The van der Waals surface area contributed by atoms with Gasteiger partial charge in [-0.25, -0.2) is 4.79 Å². The first-order valence-corrected chi connectivity index (χ1v) is 10.5. The van der Waals surface area contributed by atoms with Crippen LogP contribution in [0.3, 0.4) is 0 Å². The summed E-state index contributed by atoms with van der Waals surface area (Å²) in [7, 11) is 0. The number of fused-ring (bicyclic) bond motifs is 3. The molecule has 2 aromatic rings. The van der Waals surface area contributed by atoms with Gasteiger partial charge in [0.2, 0.25) is 0 Å². The molecule has 0 aromatic heterocycles. The molecule has 2 heterocycles. The lowest BCUT2D eigenvalue weighted by atomic mass is 9.78. The number of hydrogen-bond acceptors (Lipinski definition) is 4. The van der Waals surface area contributed by atoms with E-state index in [9.17, 15) is 9.90 Å². The predicted molar refractivity (Wildman–Crippen MR) is 110 cm³/mol. The van der Waals surface area contributed by atoms with E-state index in [4.69, 9.17) is 9.47 Å². The van der Waals surface area contributed by atoms with Gasteiger partial charge in [0.1, 0.15) is 6.61 Å². The van der Waals surface area contributed by atoms with Crippen molar-refractivity contribution in [2.45, 2.75) is 31.2 Å². The van der Waals surface area contributed by atoms with Crippen LogP contribution < -0.4 is 0 Å². The fraction of sp³-hybridized carbons (Fsp3) is 0.458. The van der Waals surface area contributed by atoms with E-state index in [2.05, 4.69) is 24.3 Å². The van der Waals surface area contributed by atoms with E-state index in [1.807, 2.05) is 24.3 Å². The second kappa shape index (κ2) is 7.47. The van der Waals surface area contributed by atoms with Gasteiger partial charge in [-0.05, 0) is 46.9 Å². The molecule has 2 aromatic carbocycles. The predicted octanol–water partition coefficient (Wildman–Crippen LogP) is 3.80. The summed E-state index contributed by atoms with van der Waals surface area (Å²) in [5, 5.41) is 9.86. The van der Waals surface area contributed by atoms with Crippen molar-refractivity contribution in [3.05, 3.63) is 59.7 Å². The lowest BCUT2D eigenvalue weighted by Gasteiger charge is -2.32. The van der Waals surface area contributed by atoms with E-state index < -0.39 is 0 Å². The molecular formula is C24H27NO4. The molecule has 0 bridgehead atoms. The van der Waals surface area contributed by atoms with Gasteiger partial charge < -0.3 is 19.5 Å². The van der Waals surface area contributed by atoms with E-state index in [0.717, 1.165) is 32.5 Å². The average Bonchev–Trinajstić information content (AvgIpc) is 3.28. The number of nitrogens with zero attached hydrogens (tertiary/aromatic N) is 1. The van der Waals surface area contributed by atoms with Gasteiger partial charge in [-0.15, -0.1) is 0 Å². The lowest BCUT2D eigenvalue weighted by molar-refractivity contribution is 0.0183. The van der Waals surface area contributed by atoms with Crippen LogP contribution in [0.5, 0.6) is 0 Å². The van der Waals surface area contributed by atoms with Crippen molar-refractivity contribution < 1.29 is 19.4 Å². The Balaban J connectivity index is 1.32. The largest absolute Gasteiger partial charge is 0.448 e. The van der Waals surface area contributed by atoms with E-state index >= 15 is 0 Å². The molecule has 1 spiro atoms. The van der Waals surface area contributed by atoms with Crippen LogP contribution in [-0.4, -0.2) is 55.1 Å². The Morgan fingerprint density at radius 1 is 1.07 bits per heavy atom. The number of carbonyl (C=O) groups is 1. The molecule has 152 valence electrons. The third-order valence-corrected chi connectivity index (χ3v) is 6.95. The van der Waals surface area contributed by atoms with Crippen LogP contribution in [0.4, 0.5) is 4.79 Å². The highest BCUT2D eigenvalue weighted by Crippen LogP contribution is 2.45. The molecule has 1 atom stereocenters. The van der Waals surface area contributed by atoms with Crippen molar-refractivity contribution in [2.75, 3.05) is 33.0 Å². The molecule has 2 aliphatic heterocycles. The van der Waals surface area contributed by atoms with Crippen LogP contribution in [0.15, 0.2) is 48.5 Å². The van der Waals surface area contributed by atoms with Crippen molar-refractivity contribution in [1.82, 2.24) is 4.90 Å². The number of ether oxygens (including phenoxy) is 2. The number of rotatable bonds is 3. The van der Waals surface area contributed by atoms with Crippen LogP contribution in [0.2, 0.25) is 0 Å². The summed E-state index contributed by atoms with van der Waals surface area (Å²) in [6, 6.07) is 16.5. The zero-order valence-corrected chi connectivity index (χ0v) is 16.5. The summed E-state index contributed by atoms with van der Waals surface area (Å²) in [4.78, 5) is 14.7. The number of carbonyl (C=O) groups excluding carboxylic acids is 1. The quantitative estimate of drug-likeness (QED) is 0.862. The molecule has 5 rings (SSSR count). The molecule has 1 N–H and O–H groups in total. The first-order valence-electron chi connectivity index (χ1n) is 10.5. The fourth-order valence-corrected chi connectivity index (χ4v) is 5.39.